The number of benzene rings is 10. The van der Waals surface area contributed by atoms with E-state index in [9.17, 15) is 0 Å². The van der Waals surface area contributed by atoms with Crippen molar-refractivity contribution in [3.8, 4) is 11.1 Å². The Morgan fingerprint density at radius 2 is 0.790 bits per heavy atom. The van der Waals surface area contributed by atoms with Gasteiger partial charge in [-0.3, -0.25) is 0 Å². The minimum atomic E-state index is 0.0863. The zero-order chi connectivity index (χ0) is 41.1. The predicted molar refractivity (Wildman–Crippen MR) is 269 cm³/mol. The Morgan fingerprint density at radius 3 is 1.44 bits per heavy atom. The summed E-state index contributed by atoms with van der Waals surface area (Å²) in [5, 5.41) is 10.3. The summed E-state index contributed by atoms with van der Waals surface area (Å²) in [4.78, 5) is 9.74. The van der Waals surface area contributed by atoms with Crippen LogP contribution in [0.25, 0.3) is 54.2 Å². The average Bonchev–Trinajstić information content (AvgIpc) is 3.31. The Labute approximate surface area is 362 Å². The van der Waals surface area contributed by atoms with Crippen molar-refractivity contribution in [2.24, 2.45) is 0 Å². The van der Waals surface area contributed by atoms with Gasteiger partial charge in [0.15, 0.2) is 0 Å². The molecular weight excluding hydrogens is 750 g/mol. The molecule has 0 fully saturated rings. The van der Waals surface area contributed by atoms with Crippen molar-refractivity contribution >= 4 is 135 Å². The number of fused-ring (bicyclic) bond motifs is 14. The van der Waals surface area contributed by atoms with Gasteiger partial charge < -0.3 is 19.6 Å². The van der Waals surface area contributed by atoms with Crippen LogP contribution in [0.4, 0.5) is 45.5 Å². The Balaban J connectivity index is 1.01. The van der Waals surface area contributed by atoms with Crippen LogP contribution >= 0.6 is 0 Å². The van der Waals surface area contributed by atoms with E-state index in [4.69, 9.17) is 0 Å². The second kappa shape index (κ2) is 12.1. The van der Waals surface area contributed by atoms with E-state index in [1.54, 1.807) is 0 Å². The Bertz CT molecular complexity index is 3620. The molecule has 0 atom stereocenters. The summed E-state index contributed by atoms with van der Waals surface area (Å²) in [7, 11) is 9.01. The van der Waals surface area contributed by atoms with Crippen LogP contribution < -0.4 is 52.4 Å². The van der Waals surface area contributed by atoms with Gasteiger partial charge in [0.1, 0.15) is 0 Å². The van der Waals surface area contributed by atoms with Crippen molar-refractivity contribution < 1.29 is 0 Å². The van der Waals surface area contributed by atoms with Gasteiger partial charge in [0.25, 0.3) is 13.4 Å². The minimum Gasteiger partial charge on any atom is -0.345 e. The molecule has 0 saturated heterocycles. The van der Waals surface area contributed by atoms with Gasteiger partial charge in [0, 0.05) is 79.3 Å². The van der Waals surface area contributed by atoms with E-state index < -0.39 is 0 Å². The van der Waals surface area contributed by atoms with E-state index in [2.05, 4.69) is 218 Å². The molecule has 4 nitrogen and oxygen atoms in total. The first-order valence-electron chi connectivity index (χ1n) is 21.8. The lowest BCUT2D eigenvalue weighted by Crippen LogP contribution is -2.62. The van der Waals surface area contributed by atoms with Crippen LogP contribution in [0.5, 0.6) is 0 Å². The fourth-order valence-electron chi connectivity index (χ4n) is 12.1. The van der Waals surface area contributed by atoms with Gasteiger partial charge in [-0.05, 0) is 130 Å². The number of hydrogen-bond donors (Lipinski definition) is 0. The second-order valence-corrected chi connectivity index (χ2v) is 17.9. The molecule has 10 aromatic carbocycles. The van der Waals surface area contributed by atoms with Crippen molar-refractivity contribution in [2.75, 3.05) is 47.8 Å². The molecule has 0 aliphatic carbocycles. The Kier molecular flexibility index (Phi) is 6.70. The van der Waals surface area contributed by atoms with Crippen LogP contribution in [0.15, 0.2) is 170 Å². The Hall–Kier alpha value is -7.43. The van der Waals surface area contributed by atoms with Crippen molar-refractivity contribution in [1.82, 2.24) is 0 Å². The molecule has 0 bridgehead atoms. The molecule has 4 heterocycles. The van der Waals surface area contributed by atoms with E-state index >= 15 is 0 Å². The lowest BCUT2D eigenvalue weighted by atomic mass is 9.32. The monoisotopic (exact) mass is 790 g/mol. The van der Waals surface area contributed by atoms with E-state index in [0.29, 0.717) is 0 Å². The maximum atomic E-state index is 2.48. The molecule has 4 aliphatic heterocycles. The highest BCUT2D eigenvalue weighted by Crippen LogP contribution is 2.44. The van der Waals surface area contributed by atoms with Gasteiger partial charge in [0.2, 0.25) is 0 Å². The number of rotatable bonds is 1. The first-order chi connectivity index (χ1) is 30.4. The molecule has 10 aromatic rings. The lowest BCUT2D eigenvalue weighted by Gasteiger charge is -2.43. The van der Waals surface area contributed by atoms with Crippen molar-refractivity contribution in [3.63, 3.8) is 0 Å². The third-order valence-corrected chi connectivity index (χ3v) is 15.0. The van der Waals surface area contributed by atoms with Crippen molar-refractivity contribution in [3.05, 3.63) is 170 Å². The van der Waals surface area contributed by atoms with Crippen LogP contribution in [0, 0.1) is 0 Å². The fourth-order valence-corrected chi connectivity index (χ4v) is 12.1. The predicted octanol–water partition coefficient (Wildman–Crippen LogP) is 9.32. The zero-order valence-corrected chi connectivity index (χ0v) is 35.1. The van der Waals surface area contributed by atoms with Crippen molar-refractivity contribution in [2.45, 2.75) is 0 Å². The lowest BCUT2D eigenvalue weighted by molar-refractivity contribution is 1.18. The minimum absolute atomic E-state index is 0.0863. The summed E-state index contributed by atoms with van der Waals surface area (Å²) < 4.78 is 0. The summed E-state index contributed by atoms with van der Waals surface area (Å²) in [6.07, 6.45) is 0. The Morgan fingerprint density at radius 1 is 0.306 bits per heavy atom. The van der Waals surface area contributed by atoms with Crippen molar-refractivity contribution in [1.29, 1.82) is 0 Å². The number of hydrogen-bond acceptors (Lipinski definition) is 4. The highest BCUT2D eigenvalue weighted by Gasteiger charge is 2.44. The number of anilines is 8. The van der Waals surface area contributed by atoms with Crippen LogP contribution in [-0.2, 0) is 0 Å². The van der Waals surface area contributed by atoms with Gasteiger partial charge >= 0.3 is 0 Å². The summed E-state index contributed by atoms with van der Waals surface area (Å²) in [6, 6.07) is 64.5. The summed E-state index contributed by atoms with van der Waals surface area (Å²) in [6.45, 7) is 0.178. The van der Waals surface area contributed by atoms with Gasteiger partial charge in [-0.25, -0.2) is 0 Å². The molecule has 290 valence electrons. The van der Waals surface area contributed by atoms with Crippen LogP contribution in [0.2, 0.25) is 0 Å². The van der Waals surface area contributed by atoms with Gasteiger partial charge in [0.05, 0.1) is 0 Å². The van der Waals surface area contributed by atoms with E-state index in [1.165, 1.54) is 132 Å². The van der Waals surface area contributed by atoms with E-state index in [1.807, 2.05) is 0 Å². The van der Waals surface area contributed by atoms with E-state index in [-0.39, 0.29) is 13.4 Å². The van der Waals surface area contributed by atoms with Gasteiger partial charge in [-0.15, -0.1) is 0 Å². The largest absolute Gasteiger partial charge is 0.345 e. The molecule has 0 aromatic heterocycles. The molecular formula is C56H40B2N4. The normalized spacial score (nSPS) is 14.3. The molecule has 0 unspecified atom stereocenters. The van der Waals surface area contributed by atoms with E-state index in [0.717, 1.165) is 0 Å². The molecule has 4 aliphatic rings. The average molecular weight is 791 g/mol. The SMILES string of the molecule is CN1c2cc3ccccc3cc2B2c3cc4ccccc4cc3N(C)c3c(-c4ccc5c6c(ccc5c4)N(C)c4cccc5c4B6c4c(ccc6ccccc46)N5C)ccc1c32. The highest BCUT2D eigenvalue weighted by atomic mass is 15.2. The summed E-state index contributed by atoms with van der Waals surface area (Å²) in [5.41, 5.74) is 21.0. The smallest absolute Gasteiger partial charge is 0.253 e. The standard InChI is InChI=1S/C56H40B2N4/c1-59-45-18-11-19-46-54(45)58(52-40-17-10-9-12-33(40)21-25-47(52)59)53-41-23-20-39(28-38(41)22-26-48(53)60(46)2)42-24-27-49-55-56(42)62(4)51-32-37-16-8-6-14-35(37)30-44(51)57(55)43-29-34-13-5-7-15-36(34)31-50(43)61(49)3/h5-32H,1-4H3. The molecule has 0 saturated carbocycles. The van der Waals surface area contributed by atoms with Crippen LogP contribution in [0.1, 0.15) is 0 Å². The first kappa shape index (κ1) is 34.3. The molecule has 62 heavy (non-hydrogen) atoms. The topological polar surface area (TPSA) is 13.0 Å². The summed E-state index contributed by atoms with van der Waals surface area (Å²) >= 11 is 0. The summed E-state index contributed by atoms with van der Waals surface area (Å²) in [5.74, 6) is 0. The number of nitrogens with zero attached hydrogens (tertiary/aromatic N) is 4. The molecule has 14 rings (SSSR count). The van der Waals surface area contributed by atoms with Crippen LogP contribution in [0.3, 0.4) is 0 Å². The quantitative estimate of drug-likeness (QED) is 0.154. The third kappa shape index (κ3) is 4.34. The first-order valence-corrected chi connectivity index (χ1v) is 21.8. The highest BCUT2D eigenvalue weighted by molar-refractivity contribution is 7.03. The fraction of sp³-hybridized carbons (Fsp3) is 0.0714. The third-order valence-electron chi connectivity index (χ3n) is 15.0. The molecule has 0 radical (unpaired) electrons. The molecule has 0 spiro atoms. The molecule has 0 N–H and O–H groups in total. The maximum Gasteiger partial charge on any atom is 0.253 e. The van der Waals surface area contributed by atoms with Gasteiger partial charge in [-0.2, -0.15) is 0 Å². The molecule has 6 heteroatoms. The zero-order valence-electron chi connectivity index (χ0n) is 35.1. The second-order valence-electron chi connectivity index (χ2n) is 17.9. The maximum absolute atomic E-state index is 2.48. The van der Waals surface area contributed by atoms with Crippen LogP contribution in [-0.4, -0.2) is 41.6 Å². The molecule has 0 amide bonds. The van der Waals surface area contributed by atoms with Gasteiger partial charge in [-0.1, -0.05) is 121 Å².